The second-order valence-electron chi connectivity index (χ2n) is 12.2. The van der Waals surface area contributed by atoms with Gasteiger partial charge in [-0.1, -0.05) is 12.1 Å². The van der Waals surface area contributed by atoms with Crippen molar-refractivity contribution < 1.29 is 45.8 Å². The molecule has 8 N–H and O–H groups in total. The van der Waals surface area contributed by atoms with Gasteiger partial charge < -0.3 is 37.0 Å². The molecular formula is C33H47F6N9O4. The van der Waals surface area contributed by atoms with Crippen LogP contribution < -0.4 is 31.9 Å². The summed E-state index contributed by atoms with van der Waals surface area (Å²) in [6.45, 7) is 3.68. The molecular weight excluding hydrogens is 700 g/mol. The summed E-state index contributed by atoms with van der Waals surface area (Å²) in [6, 6.07) is 6.58. The lowest BCUT2D eigenvalue weighted by atomic mass is 9.92. The molecule has 1 aromatic heterocycles. The second kappa shape index (κ2) is 21.5. The molecule has 2 aliphatic rings. The van der Waals surface area contributed by atoms with Gasteiger partial charge in [-0.25, -0.2) is 9.97 Å². The maximum Gasteiger partial charge on any atom is 0.451 e. The number of carboxylic acid groups (broad SMARTS) is 1. The van der Waals surface area contributed by atoms with E-state index in [4.69, 9.17) is 10.5 Å². The number of anilines is 2. The SMILES string of the molecule is N=C(N)N.O=C(O)CCCC(=O)NCCCC1CCN(c2cc(N3CCCC3)nc(C(F)(F)F)n2)CC1.O=CNCCc1ccc(C(F)(F)F)cc1. The zero-order valence-corrected chi connectivity index (χ0v) is 28.7. The van der Waals surface area contributed by atoms with E-state index in [9.17, 15) is 40.7 Å². The van der Waals surface area contributed by atoms with Crippen LogP contribution in [0.25, 0.3) is 0 Å². The Kier molecular flexibility index (Phi) is 17.9. The van der Waals surface area contributed by atoms with E-state index in [1.165, 1.54) is 12.1 Å². The Labute approximate surface area is 298 Å². The lowest BCUT2D eigenvalue weighted by molar-refractivity contribution is -0.145. The van der Waals surface area contributed by atoms with Gasteiger partial charge in [-0.2, -0.15) is 26.3 Å². The van der Waals surface area contributed by atoms with Crippen molar-refractivity contribution in [3.05, 3.63) is 47.3 Å². The van der Waals surface area contributed by atoms with Crippen LogP contribution in [0.1, 0.15) is 74.7 Å². The maximum atomic E-state index is 13.4. The number of aromatic nitrogens is 2. The summed E-state index contributed by atoms with van der Waals surface area (Å²) in [7, 11) is 0. The quantitative estimate of drug-likeness (QED) is 0.0532. The van der Waals surface area contributed by atoms with E-state index in [1.54, 1.807) is 6.07 Å². The summed E-state index contributed by atoms with van der Waals surface area (Å²) in [4.78, 5) is 43.5. The molecule has 2 fully saturated rings. The third-order valence-corrected chi connectivity index (χ3v) is 8.15. The number of nitrogens with zero attached hydrogens (tertiary/aromatic N) is 4. The number of hydrogen-bond donors (Lipinski definition) is 6. The normalized spacial score (nSPS) is 14.7. The molecule has 2 aromatic rings. The van der Waals surface area contributed by atoms with Crippen molar-refractivity contribution in [2.75, 3.05) is 49.1 Å². The number of piperidine rings is 1. The number of benzene rings is 1. The van der Waals surface area contributed by atoms with Crippen molar-refractivity contribution in [2.45, 2.75) is 76.6 Å². The number of hydrogen-bond acceptors (Lipinski definition) is 8. The number of carbonyl (C=O) groups excluding carboxylic acids is 2. The molecule has 290 valence electrons. The van der Waals surface area contributed by atoms with Gasteiger partial charge >= 0.3 is 18.3 Å². The van der Waals surface area contributed by atoms with E-state index in [-0.39, 0.29) is 24.7 Å². The van der Waals surface area contributed by atoms with Gasteiger partial charge in [-0.15, -0.1) is 0 Å². The van der Waals surface area contributed by atoms with Crippen molar-refractivity contribution in [2.24, 2.45) is 17.4 Å². The number of aliphatic carboxylic acids is 1. The van der Waals surface area contributed by atoms with Gasteiger partial charge in [0.15, 0.2) is 5.96 Å². The Hall–Kier alpha value is -4.84. The minimum Gasteiger partial charge on any atom is -0.481 e. The number of carbonyl (C=O) groups is 3. The fraction of sp³-hybridized carbons (Fsp3) is 0.576. The van der Waals surface area contributed by atoms with Gasteiger partial charge in [0.05, 0.1) is 5.56 Å². The molecule has 1 aromatic carbocycles. The molecule has 3 heterocycles. The Morgan fingerprint density at radius 3 is 1.94 bits per heavy atom. The van der Waals surface area contributed by atoms with Crippen LogP contribution in [0.4, 0.5) is 38.0 Å². The smallest absolute Gasteiger partial charge is 0.451 e. The molecule has 0 saturated carbocycles. The van der Waals surface area contributed by atoms with Gasteiger partial charge in [0.1, 0.15) is 11.6 Å². The van der Waals surface area contributed by atoms with Crippen LogP contribution in [-0.2, 0) is 33.2 Å². The average molecular weight is 748 g/mol. The molecule has 0 atom stereocenters. The van der Waals surface area contributed by atoms with Crippen molar-refractivity contribution in [3.63, 3.8) is 0 Å². The second-order valence-corrected chi connectivity index (χ2v) is 12.2. The molecule has 19 heteroatoms. The summed E-state index contributed by atoms with van der Waals surface area (Å²) in [5, 5.41) is 19.9. The van der Waals surface area contributed by atoms with Gasteiger partial charge in [0.2, 0.25) is 18.1 Å². The lowest BCUT2D eigenvalue weighted by Crippen LogP contribution is -2.35. The number of rotatable bonds is 14. The average Bonchev–Trinajstić information content (AvgIpc) is 3.62. The first-order valence-corrected chi connectivity index (χ1v) is 16.9. The van der Waals surface area contributed by atoms with Gasteiger partial charge in [-0.05, 0) is 75.0 Å². The third-order valence-electron chi connectivity index (χ3n) is 8.15. The summed E-state index contributed by atoms with van der Waals surface area (Å²) in [5.74, 6) is -1.31. The summed E-state index contributed by atoms with van der Waals surface area (Å²) in [6.07, 6.45) is -1.89. The number of halogens is 6. The van der Waals surface area contributed by atoms with Crippen molar-refractivity contribution >= 4 is 35.9 Å². The van der Waals surface area contributed by atoms with E-state index in [2.05, 4.69) is 32.1 Å². The van der Waals surface area contributed by atoms with Gasteiger partial charge in [-0.3, -0.25) is 19.8 Å². The van der Waals surface area contributed by atoms with Crippen LogP contribution in [-0.4, -0.2) is 78.6 Å². The number of amides is 2. The molecule has 2 amide bonds. The Balaban J connectivity index is 0.000000408. The van der Waals surface area contributed by atoms with Crippen LogP contribution in [0.15, 0.2) is 30.3 Å². The monoisotopic (exact) mass is 747 g/mol. The highest BCUT2D eigenvalue weighted by Crippen LogP contribution is 2.33. The van der Waals surface area contributed by atoms with E-state index in [1.807, 2.05) is 9.80 Å². The molecule has 0 bridgehead atoms. The Bertz CT molecular complexity index is 1410. The van der Waals surface area contributed by atoms with Crippen molar-refractivity contribution in [1.82, 2.24) is 20.6 Å². The van der Waals surface area contributed by atoms with Crippen LogP contribution in [0.3, 0.4) is 0 Å². The molecule has 0 radical (unpaired) electrons. The third kappa shape index (κ3) is 16.9. The molecule has 4 rings (SSSR count). The zero-order chi connectivity index (χ0) is 38.7. The first-order chi connectivity index (χ1) is 24.5. The Morgan fingerprint density at radius 2 is 1.44 bits per heavy atom. The minimum absolute atomic E-state index is 0.0116. The van der Waals surface area contributed by atoms with Crippen molar-refractivity contribution in [3.8, 4) is 0 Å². The fourth-order valence-corrected chi connectivity index (χ4v) is 5.51. The molecule has 13 nitrogen and oxygen atoms in total. The number of carboxylic acids is 1. The van der Waals surface area contributed by atoms with E-state index in [0.29, 0.717) is 76.1 Å². The van der Waals surface area contributed by atoms with Crippen LogP contribution in [0, 0.1) is 11.3 Å². The first-order valence-electron chi connectivity index (χ1n) is 16.9. The van der Waals surface area contributed by atoms with E-state index in [0.717, 1.165) is 56.2 Å². The van der Waals surface area contributed by atoms with Crippen LogP contribution >= 0.6 is 0 Å². The Morgan fingerprint density at radius 1 is 0.885 bits per heavy atom. The zero-order valence-electron chi connectivity index (χ0n) is 28.7. The fourth-order valence-electron chi connectivity index (χ4n) is 5.51. The van der Waals surface area contributed by atoms with Gasteiger partial charge in [0.25, 0.3) is 0 Å². The number of guanidine groups is 1. The molecule has 0 aliphatic carbocycles. The highest BCUT2D eigenvalue weighted by atomic mass is 19.4. The highest BCUT2D eigenvalue weighted by molar-refractivity contribution is 5.76. The topological polar surface area (TPSA) is 204 Å². The number of alkyl halides is 6. The molecule has 2 saturated heterocycles. The van der Waals surface area contributed by atoms with Crippen LogP contribution in [0.5, 0.6) is 0 Å². The molecule has 52 heavy (non-hydrogen) atoms. The molecule has 0 unspecified atom stereocenters. The largest absolute Gasteiger partial charge is 0.481 e. The first kappa shape index (κ1) is 43.3. The predicted molar refractivity (Wildman–Crippen MR) is 182 cm³/mol. The van der Waals surface area contributed by atoms with E-state index >= 15 is 0 Å². The van der Waals surface area contributed by atoms with E-state index < -0.39 is 29.7 Å². The van der Waals surface area contributed by atoms with Gasteiger partial charge in [0, 0.05) is 58.2 Å². The number of nitrogens with one attached hydrogen (secondary N) is 3. The minimum atomic E-state index is -4.58. The number of nitrogens with two attached hydrogens (primary N) is 2. The predicted octanol–water partition coefficient (Wildman–Crippen LogP) is 4.30. The standard InChI is InChI=1S/C22H32F3N5O3.C10H10F3NO.CH5N3/c23-22(24,25)21-27-17(29-11-1-2-12-29)15-18(28-21)30-13-8-16(9-14-30)5-4-10-26-19(31)6-3-7-20(32)33;11-10(12,13)9-3-1-8(2-4-9)5-6-14-7-15;2-1(3)4/h15-16H,1-14H2,(H,26,31)(H,32,33);1-4,7H,5-6H2,(H,14,15);(H5,2,3,4). The maximum absolute atomic E-state index is 13.4. The van der Waals surface area contributed by atoms with Crippen molar-refractivity contribution in [1.29, 1.82) is 5.41 Å². The molecule has 2 aliphatic heterocycles. The molecule has 0 spiro atoms. The lowest BCUT2D eigenvalue weighted by Gasteiger charge is -2.33. The summed E-state index contributed by atoms with van der Waals surface area (Å²) < 4.78 is 76.6. The summed E-state index contributed by atoms with van der Waals surface area (Å²) >= 11 is 0. The summed E-state index contributed by atoms with van der Waals surface area (Å²) in [5.41, 5.74) is 9.05. The highest BCUT2D eigenvalue weighted by Gasteiger charge is 2.37. The van der Waals surface area contributed by atoms with Crippen LogP contribution in [0.2, 0.25) is 0 Å².